The largest absolute Gasteiger partial charge is 0.508 e. The first-order chi connectivity index (χ1) is 28.7. The summed E-state index contributed by atoms with van der Waals surface area (Å²) in [7, 11) is 0. The Balaban J connectivity index is 1.18. The van der Waals surface area contributed by atoms with Gasteiger partial charge in [-0.05, 0) is 58.4 Å². The standard InChI is InChI=1S/C41H42N4O15/c1-2-19-9-20(11-23(47)10-19)17-56-36-29(59-40-35(51)37(52)41(55,38(60-40)39(53)54)14-22-15-43-18-44-22)13-28-32(34(36)50)26(48)12-27(58-28)21-3-5-24(6-4-21)57-30(16-46)33(49)25-7-8-31(42)45-25/h3-13,18,27,30,33,35,37-38,40,42,46-52,55H,2,14-17H2,1H3,(H,53,54)/p+1/t27?,30-,33-,35-,37+,38-,40-,41+/m1/s1. The van der Waals surface area contributed by atoms with E-state index in [1.54, 1.807) is 24.3 Å². The average molecular weight is 832 g/mol. The van der Waals surface area contributed by atoms with Crippen molar-refractivity contribution in [2.45, 2.75) is 74.9 Å². The van der Waals surface area contributed by atoms with Crippen LogP contribution < -0.4 is 24.4 Å². The number of amidine groups is 1. The minimum absolute atomic E-state index is 0.0315. The molecule has 1 unspecified atom stereocenters. The molecule has 0 radical (unpaired) electrons. The Kier molecular flexibility index (Phi) is 11.9. The molecule has 0 saturated carbocycles. The number of phenols is 2. The molecule has 0 bridgehead atoms. The number of aromatic hydroxyl groups is 2. The van der Waals surface area contributed by atoms with Gasteiger partial charge in [-0.1, -0.05) is 25.1 Å². The van der Waals surface area contributed by atoms with Gasteiger partial charge in [-0.3, -0.25) is 10.4 Å². The SMILES string of the molecule is CCc1cc(O)cc(COc2c(O[C@@H]3O[C@H](C(=O)O)[C@](O)(CC4=NC=NC4)[C@@H](O)[C@H]3O)cc3c(c2O)C(O)=CC(c2ccc(O[C@H](CO)[C@H](O)C4=NC(=[NH2+])C=C4)cc2)O3)c1. The first-order valence-electron chi connectivity index (χ1n) is 18.7. The lowest BCUT2D eigenvalue weighted by Gasteiger charge is -2.46. The van der Waals surface area contributed by atoms with E-state index in [4.69, 9.17) is 29.1 Å². The minimum atomic E-state index is -2.57. The van der Waals surface area contributed by atoms with Crippen LogP contribution in [0.3, 0.4) is 0 Å². The fourth-order valence-corrected chi connectivity index (χ4v) is 7.14. The van der Waals surface area contributed by atoms with Crippen molar-refractivity contribution in [1.82, 2.24) is 0 Å². The van der Waals surface area contributed by atoms with Gasteiger partial charge in [0.2, 0.25) is 12.0 Å². The van der Waals surface area contributed by atoms with Crippen LogP contribution in [-0.2, 0) is 22.6 Å². The van der Waals surface area contributed by atoms with Gasteiger partial charge in [0.1, 0.15) is 65.4 Å². The summed E-state index contributed by atoms with van der Waals surface area (Å²) in [6.07, 6.45) is -6.13. The molecule has 0 aliphatic carbocycles. The summed E-state index contributed by atoms with van der Waals surface area (Å²) in [6.45, 7) is 1.10. The van der Waals surface area contributed by atoms with E-state index in [0.717, 1.165) is 5.56 Å². The van der Waals surface area contributed by atoms with E-state index in [9.17, 15) is 50.8 Å². The Morgan fingerprint density at radius 1 is 1.07 bits per heavy atom. The molecule has 7 rings (SSSR count). The molecule has 316 valence electrons. The van der Waals surface area contributed by atoms with E-state index in [1.807, 2.05) is 6.92 Å². The van der Waals surface area contributed by atoms with E-state index in [2.05, 4.69) is 15.0 Å². The zero-order valence-electron chi connectivity index (χ0n) is 31.9. The molecule has 0 amide bonds. The molecule has 3 aromatic carbocycles. The molecule has 3 aromatic rings. The summed E-state index contributed by atoms with van der Waals surface area (Å²) in [6, 6.07) is 12.2. The zero-order valence-corrected chi connectivity index (χ0v) is 31.9. The van der Waals surface area contributed by atoms with Gasteiger partial charge in [-0.15, -0.1) is 0 Å². The van der Waals surface area contributed by atoms with Crippen LogP contribution in [0.25, 0.3) is 5.76 Å². The predicted molar refractivity (Wildman–Crippen MR) is 211 cm³/mol. The van der Waals surface area contributed by atoms with Crippen LogP contribution >= 0.6 is 0 Å². The second kappa shape index (κ2) is 17.1. The van der Waals surface area contributed by atoms with Gasteiger partial charge in [0.15, 0.2) is 35.5 Å². The van der Waals surface area contributed by atoms with Crippen molar-refractivity contribution in [3.8, 4) is 34.5 Å². The van der Waals surface area contributed by atoms with Gasteiger partial charge in [-0.2, -0.15) is 0 Å². The fraction of sp³-hybridized carbons (Fsp3) is 0.341. The molecular weight excluding hydrogens is 788 g/mol. The van der Waals surface area contributed by atoms with E-state index in [-0.39, 0.29) is 53.2 Å². The summed E-state index contributed by atoms with van der Waals surface area (Å²) in [5.74, 6) is -3.38. The molecule has 4 heterocycles. The molecule has 11 N–H and O–H groups in total. The second-order valence-electron chi connectivity index (χ2n) is 14.4. The van der Waals surface area contributed by atoms with Gasteiger partial charge in [0, 0.05) is 30.4 Å². The number of carboxylic acid groups (broad SMARTS) is 1. The third kappa shape index (κ3) is 8.39. The molecule has 60 heavy (non-hydrogen) atoms. The van der Waals surface area contributed by atoms with Crippen LogP contribution in [0.4, 0.5) is 0 Å². The van der Waals surface area contributed by atoms with Crippen LogP contribution in [-0.4, -0.2) is 131 Å². The highest BCUT2D eigenvalue weighted by molar-refractivity contribution is 6.15. The summed E-state index contributed by atoms with van der Waals surface area (Å²) >= 11 is 0. The maximum atomic E-state index is 12.5. The smallest absolute Gasteiger partial charge is 0.336 e. The molecule has 8 atom stereocenters. The number of aliphatic hydroxyl groups excluding tert-OH is 5. The van der Waals surface area contributed by atoms with Crippen molar-refractivity contribution < 1.29 is 79.8 Å². The van der Waals surface area contributed by atoms with E-state index < -0.39 is 90.5 Å². The van der Waals surface area contributed by atoms with E-state index >= 15 is 0 Å². The summed E-state index contributed by atoms with van der Waals surface area (Å²) in [5, 5.41) is 103. The second-order valence-corrected chi connectivity index (χ2v) is 14.4. The quantitative estimate of drug-likeness (QED) is 0.0968. The monoisotopic (exact) mass is 831 g/mol. The number of aliphatic carboxylic acids is 1. The zero-order chi connectivity index (χ0) is 42.9. The molecule has 19 heteroatoms. The Bertz CT molecular complexity index is 2310. The van der Waals surface area contributed by atoms with Crippen molar-refractivity contribution in [1.29, 1.82) is 0 Å². The number of aryl methyl sites for hydroxylation is 1. The van der Waals surface area contributed by atoms with Crippen LogP contribution in [0.1, 0.15) is 41.7 Å². The molecule has 0 aromatic heterocycles. The third-order valence-corrected chi connectivity index (χ3v) is 10.2. The maximum absolute atomic E-state index is 12.5. The number of nitrogens with zero attached hydrogens (tertiary/aromatic N) is 3. The first-order valence-corrected chi connectivity index (χ1v) is 18.7. The lowest BCUT2D eigenvalue weighted by atomic mass is 9.80. The molecule has 1 fully saturated rings. The summed E-state index contributed by atoms with van der Waals surface area (Å²) < 4.78 is 29.6. The number of hydrogen-bond acceptors (Lipinski definition) is 16. The Morgan fingerprint density at radius 2 is 1.82 bits per heavy atom. The Hall–Kier alpha value is -6.35. The average Bonchev–Trinajstić information content (AvgIpc) is 3.91. The van der Waals surface area contributed by atoms with Crippen molar-refractivity contribution in [2.75, 3.05) is 13.2 Å². The van der Waals surface area contributed by atoms with Crippen molar-refractivity contribution in [3.63, 3.8) is 0 Å². The van der Waals surface area contributed by atoms with Crippen molar-refractivity contribution in [3.05, 3.63) is 89.0 Å². The number of aliphatic hydroxyl groups is 6. The van der Waals surface area contributed by atoms with Crippen LogP contribution in [0.5, 0.6) is 34.5 Å². The number of ether oxygens (including phenoxy) is 5. The number of carbonyl (C=O) groups is 1. The van der Waals surface area contributed by atoms with Crippen molar-refractivity contribution in [2.24, 2.45) is 15.0 Å². The lowest BCUT2D eigenvalue weighted by molar-refractivity contribution is -0.303. The topological polar surface area (TPSA) is 308 Å². The number of phenolic OH excluding ortho intramolecular Hbond substituents is 2. The van der Waals surface area contributed by atoms with Crippen LogP contribution in [0.2, 0.25) is 0 Å². The number of carboxylic acids is 1. The predicted octanol–water partition coefficient (Wildman–Crippen LogP) is 0.0550. The van der Waals surface area contributed by atoms with Crippen LogP contribution in [0, 0.1) is 0 Å². The molecule has 1 saturated heterocycles. The number of hydrogen-bond donors (Lipinski definition) is 10. The van der Waals surface area contributed by atoms with E-state index in [1.165, 1.54) is 48.8 Å². The molecular formula is C41H43N4O15+. The van der Waals surface area contributed by atoms with Crippen LogP contribution in [0.15, 0.2) is 81.7 Å². The molecule has 4 aliphatic heterocycles. The highest BCUT2D eigenvalue weighted by atomic mass is 16.7. The van der Waals surface area contributed by atoms with Gasteiger partial charge >= 0.3 is 11.8 Å². The maximum Gasteiger partial charge on any atom is 0.336 e. The molecule has 4 aliphatic rings. The molecule has 19 nitrogen and oxygen atoms in total. The lowest BCUT2D eigenvalue weighted by Crippen LogP contribution is -2.69. The van der Waals surface area contributed by atoms with Gasteiger partial charge < -0.3 is 69.6 Å². The number of rotatable bonds is 15. The highest BCUT2D eigenvalue weighted by Crippen LogP contribution is 2.51. The van der Waals surface area contributed by atoms with Gasteiger partial charge in [-0.25, -0.2) is 9.79 Å². The summed E-state index contributed by atoms with van der Waals surface area (Å²) in [4.78, 5) is 24.4. The minimum Gasteiger partial charge on any atom is -0.508 e. The Morgan fingerprint density at radius 3 is 2.47 bits per heavy atom. The third-order valence-electron chi connectivity index (χ3n) is 10.2. The van der Waals surface area contributed by atoms with Crippen molar-refractivity contribution >= 4 is 35.3 Å². The van der Waals surface area contributed by atoms with E-state index in [0.29, 0.717) is 17.5 Å². The number of benzene rings is 3. The highest BCUT2D eigenvalue weighted by Gasteiger charge is 2.59. The number of nitrogens with two attached hydrogens (primary N) is 1. The summed E-state index contributed by atoms with van der Waals surface area (Å²) in [5.41, 5.74) is -0.605. The van der Waals surface area contributed by atoms with Gasteiger partial charge in [0.25, 0.3) is 0 Å². The molecule has 0 spiro atoms. The Labute approximate surface area is 341 Å². The van der Waals surface area contributed by atoms with Gasteiger partial charge in [0.05, 0.1) is 13.2 Å². The number of fused-ring (bicyclic) bond motifs is 1. The number of aliphatic imine (C=N–C) groups is 3. The fourth-order valence-electron chi connectivity index (χ4n) is 7.14. The normalized spacial score (nSPS) is 25.4. The first kappa shape index (κ1) is 41.8.